The Morgan fingerprint density at radius 1 is 1.60 bits per heavy atom. The van der Waals surface area contributed by atoms with E-state index in [1.807, 2.05) is 0 Å². The fourth-order valence-corrected chi connectivity index (χ4v) is 1.84. The van der Waals surface area contributed by atoms with E-state index in [0.29, 0.717) is 10.4 Å². The molecule has 2 rings (SSSR count). The molecule has 0 aromatic carbocycles. The Kier molecular flexibility index (Phi) is 3.37. The Hall–Kier alpha value is -0.880. The average molecular weight is 274 g/mol. The van der Waals surface area contributed by atoms with Gasteiger partial charge in [0, 0.05) is 6.54 Å². The molecule has 1 unspecified atom stereocenters. The van der Waals surface area contributed by atoms with Crippen molar-refractivity contribution in [1.82, 2.24) is 15.3 Å². The van der Waals surface area contributed by atoms with Crippen molar-refractivity contribution in [3.8, 4) is 5.88 Å². The second-order valence-electron chi connectivity index (χ2n) is 3.44. The average Bonchev–Trinajstić information content (AvgIpc) is 2.26. The van der Waals surface area contributed by atoms with Crippen molar-refractivity contribution in [2.24, 2.45) is 0 Å². The van der Waals surface area contributed by atoms with Gasteiger partial charge >= 0.3 is 0 Å². The fraction of sp³-hybridized carbons (Fsp3) is 0.556. The van der Waals surface area contributed by atoms with Gasteiger partial charge in [0.1, 0.15) is 10.6 Å². The second-order valence-corrected chi connectivity index (χ2v) is 4.23. The second kappa shape index (κ2) is 4.76. The van der Waals surface area contributed by atoms with Gasteiger partial charge in [0.25, 0.3) is 5.56 Å². The van der Waals surface area contributed by atoms with Gasteiger partial charge in [-0.15, -0.1) is 0 Å². The third-order valence-electron chi connectivity index (χ3n) is 2.29. The number of piperidine rings is 1. The van der Waals surface area contributed by atoms with E-state index in [1.165, 1.54) is 6.33 Å². The van der Waals surface area contributed by atoms with Crippen LogP contribution in [0.5, 0.6) is 5.88 Å². The maximum absolute atomic E-state index is 11.2. The normalized spacial score (nSPS) is 21.3. The lowest BCUT2D eigenvalue weighted by Crippen LogP contribution is -2.37. The summed E-state index contributed by atoms with van der Waals surface area (Å²) in [6.45, 7) is 1.84. The molecule has 0 spiro atoms. The number of aromatic amines is 1. The molecule has 0 radical (unpaired) electrons. The van der Waals surface area contributed by atoms with Gasteiger partial charge in [0.15, 0.2) is 0 Å². The zero-order valence-electron chi connectivity index (χ0n) is 8.12. The van der Waals surface area contributed by atoms with Crippen LogP contribution >= 0.6 is 15.9 Å². The van der Waals surface area contributed by atoms with Crippen molar-refractivity contribution in [3.63, 3.8) is 0 Å². The van der Waals surface area contributed by atoms with Crippen LogP contribution in [-0.2, 0) is 0 Å². The topological polar surface area (TPSA) is 67.0 Å². The lowest BCUT2D eigenvalue weighted by Gasteiger charge is -2.23. The molecule has 0 amide bonds. The van der Waals surface area contributed by atoms with Crippen molar-refractivity contribution >= 4 is 15.9 Å². The summed E-state index contributed by atoms with van der Waals surface area (Å²) in [5.74, 6) is 0.368. The Labute approximate surface area is 95.4 Å². The molecule has 6 heteroatoms. The number of ether oxygens (including phenoxy) is 1. The first-order valence-corrected chi connectivity index (χ1v) is 5.67. The quantitative estimate of drug-likeness (QED) is 0.831. The lowest BCUT2D eigenvalue weighted by atomic mass is 10.1. The smallest absolute Gasteiger partial charge is 0.268 e. The number of aromatic nitrogens is 2. The number of hydrogen-bond acceptors (Lipinski definition) is 4. The van der Waals surface area contributed by atoms with Crippen molar-refractivity contribution in [2.75, 3.05) is 13.1 Å². The molecular formula is C9H12BrN3O2. The van der Waals surface area contributed by atoms with Crippen molar-refractivity contribution < 1.29 is 4.74 Å². The Bertz CT molecular complexity index is 387. The largest absolute Gasteiger partial charge is 0.472 e. The van der Waals surface area contributed by atoms with Crippen LogP contribution < -0.4 is 15.6 Å². The van der Waals surface area contributed by atoms with Crippen LogP contribution in [0.1, 0.15) is 12.8 Å². The molecule has 1 aromatic heterocycles. The van der Waals surface area contributed by atoms with E-state index in [1.54, 1.807) is 0 Å². The molecule has 82 valence electrons. The van der Waals surface area contributed by atoms with E-state index in [0.717, 1.165) is 25.9 Å². The zero-order valence-corrected chi connectivity index (χ0v) is 9.71. The van der Waals surface area contributed by atoms with Gasteiger partial charge in [-0.3, -0.25) is 4.79 Å². The van der Waals surface area contributed by atoms with Gasteiger partial charge in [-0.25, -0.2) is 4.98 Å². The zero-order chi connectivity index (χ0) is 10.7. The minimum atomic E-state index is -0.219. The number of nitrogens with zero attached hydrogens (tertiary/aromatic N) is 1. The predicted octanol–water partition coefficient (Wildman–Crippen LogP) is 0.663. The van der Waals surface area contributed by atoms with Crippen LogP contribution in [0.3, 0.4) is 0 Å². The number of hydrogen-bond donors (Lipinski definition) is 2. The van der Waals surface area contributed by atoms with Gasteiger partial charge in [-0.1, -0.05) is 0 Å². The summed E-state index contributed by atoms with van der Waals surface area (Å²) in [7, 11) is 0. The molecular weight excluding hydrogens is 262 g/mol. The van der Waals surface area contributed by atoms with Crippen molar-refractivity contribution in [2.45, 2.75) is 18.9 Å². The van der Waals surface area contributed by atoms with Crippen LogP contribution in [0.25, 0.3) is 0 Å². The summed E-state index contributed by atoms with van der Waals surface area (Å²) in [5, 5.41) is 3.24. The van der Waals surface area contributed by atoms with E-state index in [-0.39, 0.29) is 11.7 Å². The molecule has 1 aliphatic heterocycles. The summed E-state index contributed by atoms with van der Waals surface area (Å²) in [6.07, 6.45) is 3.53. The van der Waals surface area contributed by atoms with Crippen LogP contribution in [-0.4, -0.2) is 29.2 Å². The maximum atomic E-state index is 11.2. The lowest BCUT2D eigenvalue weighted by molar-refractivity contribution is 0.159. The van der Waals surface area contributed by atoms with Gasteiger partial charge in [0.2, 0.25) is 5.88 Å². The van der Waals surface area contributed by atoms with Crippen LogP contribution in [0.15, 0.2) is 15.6 Å². The van der Waals surface area contributed by atoms with Crippen LogP contribution in [0.4, 0.5) is 0 Å². The van der Waals surface area contributed by atoms with E-state index in [2.05, 4.69) is 31.2 Å². The van der Waals surface area contributed by atoms with Gasteiger partial charge in [-0.05, 0) is 35.3 Å². The molecule has 2 N–H and O–H groups in total. The van der Waals surface area contributed by atoms with Crippen LogP contribution in [0.2, 0.25) is 0 Å². The standard InChI is InChI=1S/C9H12BrN3O2/c10-7-8(14)12-5-13-9(7)15-6-2-1-3-11-4-6/h5-6,11H,1-4H2,(H,12,13,14). The minimum Gasteiger partial charge on any atom is -0.472 e. The van der Waals surface area contributed by atoms with E-state index >= 15 is 0 Å². The Balaban J connectivity index is 2.09. The SMILES string of the molecule is O=c1[nH]cnc(OC2CCCNC2)c1Br. The first-order chi connectivity index (χ1) is 7.27. The van der Waals surface area contributed by atoms with E-state index < -0.39 is 0 Å². The van der Waals surface area contributed by atoms with E-state index in [9.17, 15) is 4.79 Å². The highest BCUT2D eigenvalue weighted by Gasteiger charge is 2.17. The fourth-order valence-electron chi connectivity index (χ4n) is 1.53. The third-order valence-corrected chi connectivity index (χ3v) is 2.99. The number of nitrogens with one attached hydrogen (secondary N) is 2. The van der Waals surface area contributed by atoms with E-state index in [4.69, 9.17) is 4.74 Å². The Morgan fingerprint density at radius 2 is 2.47 bits per heavy atom. The number of rotatable bonds is 2. The highest BCUT2D eigenvalue weighted by atomic mass is 79.9. The molecule has 1 aromatic rings. The minimum absolute atomic E-state index is 0.101. The van der Waals surface area contributed by atoms with Gasteiger partial charge < -0.3 is 15.0 Å². The third kappa shape index (κ3) is 2.57. The van der Waals surface area contributed by atoms with Crippen molar-refractivity contribution in [3.05, 3.63) is 21.2 Å². The molecule has 1 aliphatic rings. The van der Waals surface area contributed by atoms with Gasteiger partial charge in [0.05, 0.1) is 6.33 Å². The highest BCUT2D eigenvalue weighted by molar-refractivity contribution is 9.10. The molecule has 1 fully saturated rings. The summed E-state index contributed by atoms with van der Waals surface area (Å²) in [4.78, 5) is 17.7. The first-order valence-electron chi connectivity index (χ1n) is 4.88. The molecule has 2 heterocycles. The number of H-pyrrole nitrogens is 1. The summed E-state index contributed by atoms with van der Waals surface area (Å²) < 4.78 is 5.98. The molecule has 1 atom stereocenters. The summed E-state index contributed by atoms with van der Waals surface area (Å²) in [6, 6.07) is 0. The molecule has 1 saturated heterocycles. The maximum Gasteiger partial charge on any atom is 0.268 e. The summed E-state index contributed by atoms with van der Waals surface area (Å²) in [5.41, 5.74) is -0.219. The Morgan fingerprint density at radius 3 is 3.20 bits per heavy atom. The molecule has 0 bridgehead atoms. The predicted molar refractivity (Wildman–Crippen MR) is 59.1 cm³/mol. The first kappa shape index (κ1) is 10.6. The number of halogens is 1. The monoisotopic (exact) mass is 273 g/mol. The van der Waals surface area contributed by atoms with Crippen molar-refractivity contribution in [1.29, 1.82) is 0 Å². The highest BCUT2D eigenvalue weighted by Crippen LogP contribution is 2.19. The van der Waals surface area contributed by atoms with Crippen LogP contribution in [0, 0.1) is 0 Å². The molecule has 0 saturated carbocycles. The molecule has 15 heavy (non-hydrogen) atoms. The molecule has 0 aliphatic carbocycles. The molecule has 5 nitrogen and oxygen atoms in total. The summed E-state index contributed by atoms with van der Waals surface area (Å²) >= 11 is 3.16. The van der Waals surface area contributed by atoms with Gasteiger partial charge in [-0.2, -0.15) is 0 Å².